The predicted molar refractivity (Wildman–Crippen MR) is 181 cm³/mol. The molecule has 228 valence electrons. The van der Waals surface area contributed by atoms with Crippen molar-refractivity contribution in [1.29, 1.82) is 0 Å². The fourth-order valence-corrected chi connectivity index (χ4v) is 8.39. The molecular formula is C34H63O2PS2. The first-order valence-electron chi connectivity index (χ1n) is 16.8. The van der Waals surface area contributed by atoms with Crippen molar-refractivity contribution in [3.8, 4) is 0 Å². The van der Waals surface area contributed by atoms with Crippen molar-refractivity contribution >= 4 is 28.9 Å². The van der Waals surface area contributed by atoms with E-state index in [2.05, 4.69) is 26.0 Å². The topological polar surface area (TPSA) is 40.5 Å². The molecule has 0 atom stereocenters. The molecule has 1 aromatic carbocycles. The van der Waals surface area contributed by atoms with Crippen LogP contribution in [0.5, 0.6) is 0 Å². The average molecular weight is 599 g/mol. The van der Waals surface area contributed by atoms with Gasteiger partial charge in [0.15, 0.2) is 0 Å². The van der Waals surface area contributed by atoms with Crippen molar-refractivity contribution in [2.24, 2.45) is 0 Å². The Morgan fingerprint density at radius 3 is 1.28 bits per heavy atom. The molecule has 1 rings (SSSR count). The molecule has 0 radical (unpaired) electrons. The Bertz CT molecular complexity index is 734. The van der Waals surface area contributed by atoms with Crippen molar-refractivity contribution in [3.05, 3.63) is 29.3 Å². The number of hydrogen-bond acceptors (Lipinski definition) is 2. The van der Waals surface area contributed by atoms with Crippen LogP contribution in [0.25, 0.3) is 0 Å². The Morgan fingerprint density at radius 2 is 0.897 bits per heavy atom. The van der Waals surface area contributed by atoms with Crippen molar-refractivity contribution in [1.82, 2.24) is 0 Å². The second-order valence-corrected chi connectivity index (χ2v) is 17.7. The van der Waals surface area contributed by atoms with Crippen LogP contribution in [0.4, 0.5) is 0 Å². The van der Waals surface area contributed by atoms with Gasteiger partial charge in [-0.3, -0.25) is 0 Å². The third-order valence-corrected chi connectivity index (χ3v) is 10.8. The van der Waals surface area contributed by atoms with E-state index in [1.54, 1.807) is 0 Å². The van der Waals surface area contributed by atoms with E-state index < -0.39 is 5.69 Å². The summed E-state index contributed by atoms with van der Waals surface area (Å²) in [5, 5.41) is 0. The van der Waals surface area contributed by atoms with Gasteiger partial charge in [-0.2, -0.15) is 0 Å². The average Bonchev–Trinajstić information content (AvgIpc) is 2.90. The van der Waals surface area contributed by atoms with Crippen LogP contribution in [0, 0.1) is 0 Å². The number of benzene rings is 1. The molecule has 0 saturated heterocycles. The van der Waals surface area contributed by atoms with Crippen LogP contribution in [0.2, 0.25) is 0 Å². The molecule has 0 aliphatic carbocycles. The molecule has 0 aliphatic heterocycles. The summed E-state index contributed by atoms with van der Waals surface area (Å²) in [6.07, 6.45) is 34.8. The summed E-state index contributed by atoms with van der Waals surface area (Å²) in [5.41, 5.74) is -0.583. The first-order chi connectivity index (χ1) is 19.0. The first-order valence-corrected chi connectivity index (χ1v) is 21.0. The maximum absolute atomic E-state index is 9.99. The van der Waals surface area contributed by atoms with Crippen LogP contribution < -0.4 is 0 Å². The van der Waals surface area contributed by atoms with Crippen molar-refractivity contribution < 1.29 is 9.79 Å². The lowest BCUT2D eigenvalue weighted by Gasteiger charge is -2.16. The summed E-state index contributed by atoms with van der Waals surface area (Å²) >= 11 is 6.10. The molecule has 1 aromatic rings. The number of unbranched alkanes of at least 4 members (excludes halogenated alkanes) is 22. The number of rotatable bonds is 28. The second-order valence-electron chi connectivity index (χ2n) is 11.8. The molecule has 2 N–H and O–H groups in total. The third kappa shape index (κ3) is 22.4. The van der Waals surface area contributed by atoms with E-state index in [-0.39, 0.29) is 0 Å². The highest BCUT2D eigenvalue weighted by atomic mass is 32.9. The molecule has 0 fully saturated rings. The zero-order chi connectivity index (χ0) is 28.4. The summed E-state index contributed by atoms with van der Waals surface area (Å²) < 4.78 is 0. The van der Waals surface area contributed by atoms with E-state index in [0.29, 0.717) is 0 Å². The van der Waals surface area contributed by atoms with Crippen LogP contribution in [0.15, 0.2) is 23.1 Å². The van der Waals surface area contributed by atoms with Crippen LogP contribution in [-0.4, -0.2) is 9.79 Å². The lowest BCUT2D eigenvalue weighted by atomic mass is 9.96. The van der Waals surface area contributed by atoms with Gasteiger partial charge >= 0.3 is 0 Å². The molecule has 0 aliphatic rings. The quantitative estimate of drug-likeness (QED) is 0.0743. The maximum Gasteiger partial charge on any atom is 0.246 e. The van der Waals surface area contributed by atoms with Crippen LogP contribution in [0.1, 0.15) is 179 Å². The summed E-state index contributed by atoms with van der Waals surface area (Å²) in [6, 6.07) is 6.38. The van der Waals surface area contributed by atoms with Gasteiger partial charge in [0, 0.05) is 4.90 Å². The minimum absolute atomic E-state index is 1.00. The molecule has 5 heteroatoms. The Labute approximate surface area is 252 Å². The normalized spacial score (nSPS) is 11.9. The van der Waals surface area contributed by atoms with Gasteiger partial charge in [0.2, 0.25) is 5.69 Å². The molecule has 0 saturated carbocycles. The summed E-state index contributed by atoms with van der Waals surface area (Å²) in [4.78, 5) is 21.0. The highest BCUT2D eigenvalue weighted by Crippen LogP contribution is 2.56. The van der Waals surface area contributed by atoms with E-state index in [4.69, 9.17) is 11.8 Å². The number of hydrogen-bond donors (Lipinski definition) is 2. The summed E-state index contributed by atoms with van der Waals surface area (Å²) in [5.74, 6) is 0. The molecule has 0 aromatic heterocycles. The second kappa shape index (κ2) is 25.8. The molecule has 2 nitrogen and oxygen atoms in total. The molecule has 0 amide bonds. The number of aryl methyl sites for hydroxylation is 1. The Morgan fingerprint density at radius 1 is 0.538 bits per heavy atom. The minimum atomic E-state index is -3.31. The van der Waals surface area contributed by atoms with Gasteiger partial charge in [-0.25, -0.2) is 0 Å². The van der Waals surface area contributed by atoms with Gasteiger partial charge in [0.1, 0.15) is 0 Å². The van der Waals surface area contributed by atoms with Gasteiger partial charge in [-0.15, -0.1) is 0 Å². The monoisotopic (exact) mass is 598 g/mol. The van der Waals surface area contributed by atoms with Gasteiger partial charge < -0.3 is 9.79 Å². The SMILES string of the molecule is CCCCCCCCCCCCCCc1cccc(SP(O)(O)=S)c1CCCCCCCCCCCCCC. The van der Waals surface area contributed by atoms with Gasteiger partial charge in [-0.1, -0.05) is 167 Å². The third-order valence-electron chi connectivity index (χ3n) is 8.03. The summed E-state index contributed by atoms with van der Waals surface area (Å²) in [7, 11) is 0. The van der Waals surface area contributed by atoms with Crippen LogP contribution in [0.3, 0.4) is 0 Å². The molecule has 0 bridgehead atoms. The van der Waals surface area contributed by atoms with E-state index in [1.807, 2.05) is 6.07 Å². The lowest BCUT2D eigenvalue weighted by Crippen LogP contribution is -1.98. The van der Waals surface area contributed by atoms with Crippen molar-refractivity contribution in [3.63, 3.8) is 0 Å². The van der Waals surface area contributed by atoms with E-state index in [0.717, 1.165) is 29.1 Å². The highest BCUT2D eigenvalue weighted by Gasteiger charge is 2.16. The Kier molecular flexibility index (Phi) is 24.6. The predicted octanol–water partition coefficient (Wildman–Crippen LogP) is 12.5. The first kappa shape index (κ1) is 37.2. The fourth-order valence-electron chi connectivity index (χ4n) is 5.64. The standard InChI is InChI=1S/C34H63O2PS2/c1-3-5-7-9-11-13-15-17-19-21-23-25-28-32-29-27-31-34(39-37(35,36)38)33(32)30-26-24-22-20-18-16-14-12-10-8-6-4-2/h27,29,31H,3-26,28,30H2,1-2H3,(H2,35,36,38). The van der Waals surface area contributed by atoms with Gasteiger partial charge in [0.25, 0.3) is 0 Å². The zero-order valence-corrected chi connectivity index (χ0v) is 28.3. The minimum Gasteiger partial charge on any atom is -0.337 e. The van der Waals surface area contributed by atoms with Gasteiger partial charge in [-0.05, 0) is 66.1 Å². The smallest absolute Gasteiger partial charge is 0.246 e. The lowest BCUT2D eigenvalue weighted by molar-refractivity contribution is 0.502. The molecule has 0 unspecified atom stereocenters. The fraction of sp³-hybridized carbons (Fsp3) is 0.824. The highest BCUT2D eigenvalue weighted by molar-refractivity contribution is 8.67. The van der Waals surface area contributed by atoms with E-state index in [9.17, 15) is 9.79 Å². The summed E-state index contributed by atoms with van der Waals surface area (Å²) in [6.45, 7) is 4.57. The molecule has 39 heavy (non-hydrogen) atoms. The van der Waals surface area contributed by atoms with Gasteiger partial charge in [0.05, 0.1) is 0 Å². The van der Waals surface area contributed by atoms with Crippen LogP contribution >= 0.6 is 17.1 Å². The van der Waals surface area contributed by atoms with Crippen molar-refractivity contribution in [2.75, 3.05) is 0 Å². The molecular weight excluding hydrogens is 535 g/mol. The Hall–Kier alpha value is 0.140. The molecule has 0 spiro atoms. The Balaban J connectivity index is 2.31. The van der Waals surface area contributed by atoms with Crippen molar-refractivity contribution in [2.45, 2.75) is 186 Å². The van der Waals surface area contributed by atoms with Crippen LogP contribution in [-0.2, 0) is 24.6 Å². The maximum atomic E-state index is 9.99. The zero-order valence-electron chi connectivity index (χ0n) is 25.8. The van der Waals surface area contributed by atoms with E-state index in [1.165, 1.54) is 165 Å². The van der Waals surface area contributed by atoms with E-state index >= 15 is 0 Å². The molecule has 0 heterocycles. The largest absolute Gasteiger partial charge is 0.337 e.